The van der Waals surface area contributed by atoms with Crippen molar-refractivity contribution in [1.82, 2.24) is 9.97 Å². The maximum absolute atomic E-state index is 11.2. The van der Waals surface area contributed by atoms with Crippen LogP contribution >= 0.6 is 11.6 Å². The molecule has 1 aromatic heterocycles. The Morgan fingerprint density at radius 3 is 3.00 bits per heavy atom. The summed E-state index contributed by atoms with van der Waals surface area (Å²) in [5.74, 6) is 0.480. The minimum atomic E-state index is -0.302. The lowest BCUT2D eigenvalue weighted by Gasteiger charge is -2.05. The first-order valence-corrected chi connectivity index (χ1v) is 4.89. The Balaban J connectivity index is 2.90. The first kappa shape index (κ1) is 11.2. The van der Waals surface area contributed by atoms with Gasteiger partial charge in [0, 0.05) is 12.7 Å². The maximum Gasteiger partial charge on any atom is 0.251 e. The summed E-state index contributed by atoms with van der Waals surface area (Å²) in [6, 6.07) is 1.42. The number of ether oxygens (including phenoxy) is 1. The van der Waals surface area contributed by atoms with Crippen molar-refractivity contribution in [2.45, 2.75) is 25.8 Å². The zero-order chi connectivity index (χ0) is 10.6. The van der Waals surface area contributed by atoms with Crippen molar-refractivity contribution >= 4 is 11.6 Å². The number of aromatic nitrogens is 2. The van der Waals surface area contributed by atoms with E-state index in [-0.39, 0.29) is 10.9 Å². The number of rotatable bonds is 4. The summed E-state index contributed by atoms with van der Waals surface area (Å²) in [5.41, 5.74) is 0.412. The van der Waals surface area contributed by atoms with Gasteiger partial charge in [0.25, 0.3) is 5.56 Å². The van der Waals surface area contributed by atoms with Gasteiger partial charge in [-0.2, -0.15) is 0 Å². The van der Waals surface area contributed by atoms with Crippen LogP contribution in [-0.2, 0) is 11.3 Å². The number of nitrogens with one attached hydrogen (secondary N) is 1. The van der Waals surface area contributed by atoms with Crippen LogP contribution in [0.25, 0.3) is 0 Å². The van der Waals surface area contributed by atoms with E-state index in [1.807, 2.05) is 6.92 Å². The van der Waals surface area contributed by atoms with Crippen LogP contribution in [-0.4, -0.2) is 16.6 Å². The van der Waals surface area contributed by atoms with Crippen molar-refractivity contribution in [3.63, 3.8) is 0 Å². The molecule has 0 bridgehead atoms. The summed E-state index contributed by atoms with van der Waals surface area (Å²) < 4.78 is 5.15. The first-order valence-electron chi connectivity index (χ1n) is 4.45. The molecule has 4 nitrogen and oxygen atoms in total. The van der Waals surface area contributed by atoms with Crippen molar-refractivity contribution < 1.29 is 4.74 Å². The summed E-state index contributed by atoms with van der Waals surface area (Å²) in [6.45, 7) is 4.58. The highest BCUT2D eigenvalue weighted by atomic mass is 35.5. The van der Waals surface area contributed by atoms with Gasteiger partial charge >= 0.3 is 0 Å². The molecule has 0 spiro atoms. The normalized spacial score (nSPS) is 12.8. The van der Waals surface area contributed by atoms with Gasteiger partial charge in [0.2, 0.25) is 0 Å². The molecule has 1 N–H and O–H groups in total. The molecular formula is C9H13ClN2O2. The average molecular weight is 217 g/mol. The van der Waals surface area contributed by atoms with Crippen LogP contribution < -0.4 is 5.56 Å². The van der Waals surface area contributed by atoms with Crippen LogP contribution in [0.15, 0.2) is 10.9 Å². The van der Waals surface area contributed by atoms with Crippen molar-refractivity contribution in [1.29, 1.82) is 0 Å². The largest absolute Gasteiger partial charge is 0.375 e. The number of aromatic amines is 1. The smallest absolute Gasteiger partial charge is 0.251 e. The van der Waals surface area contributed by atoms with E-state index in [9.17, 15) is 4.79 Å². The number of hydrogen-bond donors (Lipinski definition) is 1. The van der Waals surface area contributed by atoms with E-state index in [4.69, 9.17) is 16.3 Å². The number of alkyl halides is 1. The van der Waals surface area contributed by atoms with Gasteiger partial charge in [-0.1, -0.05) is 0 Å². The fourth-order valence-corrected chi connectivity index (χ4v) is 1.10. The lowest BCUT2D eigenvalue weighted by atomic mass is 10.3. The van der Waals surface area contributed by atoms with E-state index in [2.05, 4.69) is 9.97 Å². The van der Waals surface area contributed by atoms with E-state index in [0.717, 1.165) is 0 Å². The van der Waals surface area contributed by atoms with Crippen LogP contribution in [0, 0.1) is 0 Å². The van der Waals surface area contributed by atoms with E-state index < -0.39 is 0 Å². The molecular weight excluding hydrogens is 204 g/mol. The van der Waals surface area contributed by atoms with Gasteiger partial charge < -0.3 is 9.72 Å². The van der Waals surface area contributed by atoms with Crippen LogP contribution in [0.2, 0.25) is 0 Å². The molecule has 0 unspecified atom stereocenters. The van der Waals surface area contributed by atoms with Crippen LogP contribution in [0.1, 0.15) is 30.7 Å². The third-order valence-electron chi connectivity index (χ3n) is 1.64. The van der Waals surface area contributed by atoms with Gasteiger partial charge in [0.1, 0.15) is 5.82 Å². The Hall–Kier alpha value is -0.870. The topological polar surface area (TPSA) is 55.0 Å². The molecule has 5 heteroatoms. The highest BCUT2D eigenvalue weighted by molar-refractivity contribution is 6.20. The van der Waals surface area contributed by atoms with Gasteiger partial charge in [-0.05, 0) is 13.8 Å². The summed E-state index contributed by atoms with van der Waals surface area (Å²) in [7, 11) is 0. The monoisotopic (exact) mass is 216 g/mol. The third kappa shape index (κ3) is 3.12. The van der Waals surface area contributed by atoms with E-state index in [0.29, 0.717) is 24.7 Å². The molecule has 1 rings (SSSR count). The molecule has 0 aliphatic carbocycles. The molecule has 14 heavy (non-hydrogen) atoms. The molecule has 0 saturated heterocycles. The molecule has 1 aromatic rings. The highest BCUT2D eigenvalue weighted by Gasteiger charge is 2.06. The molecule has 78 valence electrons. The molecule has 0 amide bonds. The van der Waals surface area contributed by atoms with Crippen molar-refractivity contribution in [3.05, 3.63) is 27.9 Å². The molecule has 0 fully saturated rings. The zero-order valence-electron chi connectivity index (χ0n) is 8.21. The van der Waals surface area contributed by atoms with Crippen molar-refractivity contribution in [3.8, 4) is 0 Å². The van der Waals surface area contributed by atoms with Crippen molar-refractivity contribution in [2.24, 2.45) is 0 Å². The SMILES string of the molecule is CCOCc1cc(=O)[nH]c([C@@H](C)Cl)n1. The summed E-state index contributed by atoms with van der Waals surface area (Å²) in [4.78, 5) is 17.9. The van der Waals surface area contributed by atoms with Gasteiger partial charge in [-0.25, -0.2) is 4.98 Å². The second-order valence-electron chi connectivity index (χ2n) is 2.88. The molecule has 0 aromatic carbocycles. The van der Waals surface area contributed by atoms with E-state index in [1.165, 1.54) is 6.07 Å². The van der Waals surface area contributed by atoms with Crippen LogP contribution in [0.3, 0.4) is 0 Å². The predicted molar refractivity (Wildman–Crippen MR) is 54.5 cm³/mol. The quantitative estimate of drug-likeness (QED) is 0.778. The lowest BCUT2D eigenvalue weighted by Crippen LogP contribution is -2.13. The van der Waals surface area contributed by atoms with E-state index >= 15 is 0 Å². The summed E-state index contributed by atoms with van der Waals surface area (Å²) in [6.07, 6.45) is 0. The minimum Gasteiger partial charge on any atom is -0.375 e. The number of halogens is 1. The third-order valence-corrected chi connectivity index (χ3v) is 1.85. The van der Waals surface area contributed by atoms with Gasteiger partial charge in [-0.15, -0.1) is 11.6 Å². The minimum absolute atomic E-state index is 0.197. The maximum atomic E-state index is 11.2. The van der Waals surface area contributed by atoms with Crippen LogP contribution in [0.4, 0.5) is 0 Å². The molecule has 1 heterocycles. The Morgan fingerprint density at radius 2 is 2.43 bits per heavy atom. The van der Waals surface area contributed by atoms with Gasteiger partial charge in [0.05, 0.1) is 17.7 Å². The Kier molecular flexibility index (Phi) is 4.10. The lowest BCUT2D eigenvalue weighted by molar-refractivity contribution is 0.131. The zero-order valence-corrected chi connectivity index (χ0v) is 8.97. The summed E-state index contributed by atoms with van der Waals surface area (Å²) in [5, 5.41) is -0.302. The number of H-pyrrole nitrogens is 1. The second kappa shape index (κ2) is 5.12. The molecule has 0 saturated carbocycles. The Morgan fingerprint density at radius 1 is 1.71 bits per heavy atom. The van der Waals surface area contributed by atoms with Gasteiger partial charge in [-0.3, -0.25) is 4.79 Å². The highest BCUT2D eigenvalue weighted by Crippen LogP contribution is 2.13. The predicted octanol–water partition coefficient (Wildman–Crippen LogP) is 1.61. The van der Waals surface area contributed by atoms with Crippen molar-refractivity contribution in [2.75, 3.05) is 6.61 Å². The first-order chi connectivity index (χ1) is 6.63. The standard InChI is InChI=1S/C9H13ClN2O2/c1-3-14-5-7-4-8(13)12-9(11-7)6(2)10/h4,6H,3,5H2,1-2H3,(H,11,12,13)/t6-/m1/s1. The Labute approximate surface area is 87.3 Å². The molecule has 0 aliphatic heterocycles. The average Bonchev–Trinajstić information content (AvgIpc) is 2.14. The van der Waals surface area contributed by atoms with Gasteiger partial charge in [0.15, 0.2) is 0 Å². The second-order valence-corrected chi connectivity index (χ2v) is 3.53. The number of nitrogens with zero attached hydrogens (tertiary/aromatic N) is 1. The molecule has 0 aliphatic rings. The fraction of sp³-hybridized carbons (Fsp3) is 0.556. The number of hydrogen-bond acceptors (Lipinski definition) is 3. The van der Waals surface area contributed by atoms with Crippen LogP contribution in [0.5, 0.6) is 0 Å². The molecule has 1 atom stereocenters. The fourth-order valence-electron chi connectivity index (χ4n) is 0.998. The summed E-state index contributed by atoms with van der Waals surface area (Å²) >= 11 is 5.81. The molecule has 0 radical (unpaired) electrons. The van der Waals surface area contributed by atoms with E-state index in [1.54, 1.807) is 6.92 Å². The Bertz CT molecular complexity index is 349.